The van der Waals surface area contributed by atoms with Crippen LogP contribution in [-0.4, -0.2) is 23.6 Å². The quantitative estimate of drug-likeness (QED) is 0.728. The average Bonchev–Trinajstić information content (AvgIpc) is 2.64. The lowest BCUT2D eigenvalue weighted by Gasteiger charge is -2.15. The van der Waals surface area contributed by atoms with Crippen LogP contribution in [0.4, 0.5) is 0 Å². The average molecular weight is 218 g/mol. The molecular weight excluding hydrogens is 200 g/mol. The van der Waals surface area contributed by atoms with Crippen LogP contribution in [0.5, 0.6) is 0 Å². The van der Waals surface area contributed by atoms with Crippen LogP contribution < -0.4 is 11.1 Å². The highest BCUT2D eigenvalue weighted by molar-refractivity contribution is 5.75. The van der Waals surface area contributed by atoms with E-state index in [1.807, 2.05) is 14.0 Å². The van der Waals surface area contributed by atoms with Crippen LogP contribution in [0.25, 0.3) is 11.0 Å². The van der Waals surface area contributed by atoms with E-state index in [1.165, 1.54) is 5.56 Å². The van der Waals surface area contributed by atoms with Gasteiger partial charge in [-0.25, -0.2) is 4.98 Å². The summed E-state index contributed by atoms with van der Waals surface area (Å²) in [6.45, 7) is 2.65. The van der Waals surface area contributed by atoms with Crippen molar-refractivity contribution < 1.29 is 0 Å². The van der Waals surface area contributed by atoms with Crippen LogP contribution in [0.15, 0.2) is 18.2 Å². The molecular formula is C12H18N4. The second-order valence-electron chi connectivity index (χ2n) is 4.02. The van der Waals surface area contributed by atoms with Crippen LogP contribution >= 0.6 is 0 Å². The molecule has 0 bridgehead atoms. The summed E-state index contributed by atoms with van der Waals surface area (Å²) in [4.78, 5) is 7.63. The molecule has 4 nitrogen and oxygen atoms in total. The first-order valence-electron chi connectivity index (χ1n) is 5.58. The molecule has 1 heterocycles. The second kappa shape index (κ2) is 4.63. The molecule has 0 aliphatic carbocycles. The molecule has 86 valence electrons. The fraction of sp³-hybridized carbons (Fsp3) is 0.417. The maximum Gasteiger partial charge on any atom is 0.104 e. The third-order valence-corrected chi connectivity index (χ3v) is 2.83. The summed E-state index contributed by atoms with van der Waals surface area (Å²) >= 11 is 0. The van der Waals surface area contributed by atoms with Crippen LogP contribution in [0.1, 0.15) is 23.9 Å². The van der Waals surface area contributed by atoms with Crippen molar-refractivity contribution in [2.24, 2.45) is 5.73 Å². The molecule has 1 aromatic carbocycles. The highest BCUT2D eigenvalue weighted by Crippen LogP contribution is 2.20. The van der Waals surface area contributed by atoms with E-state index < -0.39 is 0 Å². The van der Waals surface area contributed by atoms with Crippen molar-refractivity contribution in [2.45, 2.75) is 19.4 Å². The number of nitrogens with one attached hydrogen (secondary N) is 2. The Morgan fingerprint density at radius 2 is 2.31 bits per heavy atom. The minimum absolute atomic E-state index is 0.318. The molecule has 0 amide bonds. The second-order valence-corrected chi connectivity index (χ2v) is 4.02. The number of hydrogen-bond donors (Lipinski definition) is 3. The van der Waals surface area contributed by atoms with Gasteiger partial charge in [-0.2, -0.15) is 0 Å². The van der Waals surface area contributed by atoms with E-state index in [9.17, 15) is 0 Å². The van der Waals surface area contributed by atoms with E-state index in [4.69, 9.17) is 5.73 Å². The molecule has 2 rings (SSSR count). The molecule has 0 aliphatic rings. The summed E-state index contributed by atoms with van der Waals surface area (Å²) in [6, 6.07) is 6.62. The van der Waals surface area contributed by atoms with E-state index in [2.05, 4.69) is 33.5 Å². The van der Waals surface area contributed by atoms with Crippen LogP contribution in [0.2, 0.25) is 0 Å². The van der Waals surface area contributed by atoms with Crippen molar-refractivity contribution in [3.05, 3.63) is 29.6 Å². The Kier molecular flexibility index (Phi) is 3.22. The van der Waals surface area contributed by atoms with Crippen LogP contribution in [-0.2, 0) is 0 Å². The normalized spacial score (nSPS) is 13.2. The smallest absolute Gasteiger partial charge is 0.104 e. The van der Waals surface area contributed by atoms with Crippen LogP contribution in [0, 0.1) is 6.92 Å². The summed E-state index contributed by atoms with van der Waals surface area (Å²) in [7, 11) is 1.96. The molecule has 0 aliphatic heterocycles. The summed E-state index contributed by atoms with van der Waals surface area (Å²) in [5.74, 6) is 0.951. The predicted molar refractivity (Wildman–Crippen MR) is 66.3 cm³/mol. The lowest BCUT2D eigenvalue weighted by atomic mass is 10.0. The zero-order valence-corrected chi connectivity index (χ0v) is 9.75. The number of aryl methyl sites for hydroxylation is 1. The number of imidazole rings is 1. The minimum Gasteiger partial charge on any atom is -0.342 e. The number of H-pyrrole nitrogens is 1. The van der Waals surface area contributed by atoms with Gasteiger partial charge in [0.15, 0.2) is 0 Å². The standard InChI is InChI=1S/C12H18N4/c1-8-15-11-4-3-9(7-12(11)16-8)10(14-2)5-6-13/h3-4,7,10,14H,5-6,13H2,1-2H3,(H,15,16). The van der Waals surface area contributed by atoms with Crippen molar-refractivity contribution in [1.82, 2.24) is 15.3 Å². The first-order chi connectivity index (χ1) is 7.74. The number of aromatic amines is 1. The summed E-state index contributed by atoms with van der Waals surface area (Å²) in [5.41, 5.74) is 8.96. The molecule has 16 heavy (non-hydrogen) atoms. The maximum atomic E-state index is 5.60. The molecule has 4 N–H and O–H groups in total. The van der Waals surface area contributed by atoms with Crippen LogP contribution in [0.3, 0.4) is 0 Å². The molecule has 0 spiro atoms. The van der Waals surface area contributed by atoms with Gasteiger partial charge in [-0.1, -0.05) is 6.07 Å². The van der Waals surface area contributed by atoms with Gasteiger partial charge >= 0.3 is 0 Å². The number of hydrogen-bond acceptors (Lipinski definition) is 3. The number of fused-ring (bicyclic) bond motifs is 1. The largest absolute Gasteiger partial charge is 0.342 e. The molecule has 4 heteroatoms. The van der Waals surface area contributed by atoms with E-state index in [0.29, 0.717) is 12.6 Å². The van der Waals surface area contributed by atoms with Gasteiger partial charge < -0.3 is 16.0 Å². The highest BCUT2D eigenvalue weighted by Gasteiger charge is 2.09. The summed E-state index contributed by atoms with van der Waals surface area (Å²) in [6.07, 6.45) is 0.940. The minimum atomic E-state index is 0.318. The van der Waals surface area contributed by atoms with Gasteiger partial charge in [0.2, 0.25) is 0 Å². The van der Waals surface area contributed by atoms with Gasteiger partial charge in [-0.15, -0.1) is 0 Å². The van der Waals surface area contributed by atoms with Gasteiger partial charge in [0.25, 0.3) is 0 Å². The Hall–Kier alpha value is -1.39. The molecule has 1 atom stereocenters. The Balaban J connectivity index is 2.36. The van der Waals surface area contributed by atoms with E-state index in [-0.39, 0.29) is 0 Å². The highest BCUT2D eigenvalue weighted by atomic mass is 14.9. The number of nitrogens with two attached hydrogens (primary N) is 1. The van der Waals surface area contributed by atoms with Gasteiger partial charge in [0, 0.05) is 6.04 Å². The molecule has 1 aromatic heterocycles. The first kappa shape index (κ1) is 11.1. The lowest BCUT2D eigenvalue weighted by molar-refractivity contribution is 0.557. The van der Waals surface area contributed by atoms with Crippen molar-refractivity contribution >= 4 is 11.0 Å². The molecule has 0 fully saturated rings. The topological polar surface area (TPSA) is 66.7 Å². The summed E-state index contributed by atoms with van der Waals surface area (Å²) in [5, 5.41) is 3.28. The van der Waals surface area contributed by atoms with Crippen molar-refractivity contribution in [3.8, 4) is 0 Å². The van der Waals surface area contributed by atoms with E-state index in [1.54, 1.807) is 0 Å². The van der Waals surface area contributed by atoms with Crippen molar-refractivity contribution in [3.63, 3.8) is 0 Å². The lowest BCUT2D eigenvalue weighted by Crippen LogP contribution is -2.19. The fourth-order valence-corrected chi connectivity index (χ4v) is 2.02. The Morgan fingerprint density at radius 3 is 3.00 bits per heavy atom. The molecule has 2 aromatic rings. The number of rotatable bonds is 4. The van der Waals surface area contributed by atoms with E-state index in [0.717, 1.165) is 23.3 Å². The predicted octanol–water partition coefficient (Wildman–Crippen LogP) is 1.48. The molecule has 0 saturated heterocycles. The SMILES string of the molecule is CNC(CCN)c1ccc2nc(C)[nH]c2c1. The van der Waals surface area contributed by atoms with Gasteiger partial charge in [-0.05, 0) is 44.6 Å². The molecule has 1 unspecified atom stereocenters. The first-order valence-corrected chi connectivity index (χ1v) is 5.58. The third kappa shape index (κ3) is 2.08. The monoisotopic (exact) mass is 218 g/mol. The van der Waals surface area contributed by atoms with Gasteiger partial charge in [-0.3, -0.25) is 0 Å². The maximum absolute atomic E-state index is 5.60. The molecule has 0 radical (unpaired) electrons. The third-order valence-electron chi connectivity index (χ3n) is 2.83. The van der Waals surface area contributed by atoms with E-state index >= 15 is 0 Å². The Bertz CT molecular complexity index is 475. The fourth-order valence-electron chi connectivity index (χ4n) is 2.02. The molecule has 0 saturated carbocycles. The number of nitrogens with zero attached hydrogens (tertiary/aromatic N) is 1. The van der Waals surface area contributed by atoms with Crippen molar-refractivity contribution in [1.29, 1.82) is 0 Å². The Morgan fingerprint density at radius 1 is 1.50 bits per heavy atom. The zero-order chi connectivity index (χ0) is 11.5. The summed E-state index contributed by atoms with van der Waals surface area (Å²) < 4.78 is 0. The van der Waals surface area contributed by atoms with Gasteiger partial charge in [0.05, 0.1) is 11.0 Å². The number of aromatic nitrogens is 2. The number of benzene rings is 1. The van der Waals surface area contributed by atoms with Gasteiger partial charge in [0.1, 0.15) is 5.82 Å². The zero-order valence-electron chi connectivity index (χ0n) is 9.75. The Labute approximate surface area is 95.3 Å². The van der Waals surface area contributed by atoms with Crippen molar-refractivity contribution in [2.75, 3.05) is 13.6 Å².